The Hall–Kier alpha value is -16.5. The molecule has 9 nitrogen and oxygen atoms in total. The van der Waals surface area contributed by atoms with Crippen LogP contribution in [0.15, 0.2) is 419 Å². The Morgan fingerprint density at radius 3 is 0.475 bits per heavy atom. The van der Waals surface area contributed by atoms with E-state index in [1.807, 2.05) is 0 Å². The molecule has 27 aromatic rings. The summed E-state index contributed by atoms with van der Waals surface area (Å²) in [6, 6.07) is 155. The fourth-order valence-corrected chi connectivity index (χ4v) is 21.2. The van der Waals surface area contributed by atoms with Crippen LogP contribution in [0.3, 0.4) is 0 Å². The highest BCUT2D eigenvalue weighted by Gasteiger charge is 2.30. The minimum atomic E-state index is 0.822. The van der Waals surface area contributed by atoms with Gasteiger partial charge in [-0.15, -0.1) is 0 Å². The van der Waals surface area contributed by atoms with Crippen LogP contribution in [0.2, 0.25) is 0 Å². The quantitative estimate of drug-likeness (QED) is 0.135. The maximum atomic E-state index is 6.18. The van der Waals surface area contributed by atoms with Gasteiger partial charge in [0.25, 0.3) is 0 Å². The fraction of sp³-hybridized carbons (Fsp3) is 0. The van der Waals surface area contributed by atoms with E-state index >= 15 is 0 Å². The Morgan fingerprint density at radius 1 is 0.123 bits per heavy atom. The monoisotopic (exact) mass is 1550 g/mol. The van der Waals surface area contributed by atoms with Gasteiger partial charge < -0.3 is 36.5 Å². The Bertz CT molecular complexity index is 8110. The van der Waals surface area contributed by atoms with Crippen molar-refractivity contribution in [2.24, 2.45) is 0 Å². The number of para-hydroxylation sites is 12. The lowest BCUT2D eigenvalue weighted by Gasteiger charge is -2.18. The smallest absolute Gasteiger partial charge is 0.0788 e. The van der Waals surface area contributed by atoms with Gasteiger partial charge in [0.2, 0.25) is 0 Å². The largest absolute Gasteiger partial charge is 0.307 e. The molecule has 0 fully saturated rings. The average molecular weight is 1550 g/mol. The van der Waals surface area contributed by atoms with Crippen molar-refractivity contribution in [2.45, 2.75) is 0 Å². The normalized spacial score (nSPS) is 12.3. The molecule has 9 aromatic heterocycles. The SMILES string of the molecule is c1ccc(-n2c3ccccc3c3ccc4c5ccccc5n(-c5cc(-c6cccc(-c7cc(-n8c9ccccc9c9ccc%10c%11ccccc%11n(-c%11ccccc%11)c%10c98)cc(-n8c9ccccc9c9ccc%10c%11ccccc%11n(-c%11ccccc%11)c%10c98)c7)n6)cc(-n6c7ccccc7c7ccc8c9ccccc9n(-c9ccccc9)c8c76)c5)c4c32)cc1. The molecule has 27 rings (SSSR count). The van der Waals surface area contributed by atoms with E-state index in [0.717, 1.165) is 178 Å². The van der Waals surface area contributed by atoms with E-state index in [9.17, 15) is 0 Å². The maximum Gasteiger partial charge on any atom is 0.0788 e. The zero-order chi connectivity index (χ0) is 79.5. The first kappa shape index (κ1) is 66.6. The van der Waals surface area contributed by atoms with Gasteiger partial charge in [0.15, 0.2) is 0 Å². The van der Waals surface area contributed by atoms with Crippen LogP contribution in [0.4, 0.5) is 0 Å². The molecule has 0 aliphatic carbocycles. The number of benzene rings is 18. The third-order valence-corrected chi connectivity index (χ3v) is 26.1. The summed E-state index contributed by atoms with van der Waals surface area (Å²) in [4.78, 5) is 6.18. The molecule has 0 atom stereocenters. The van der Waals surface area contributed by atoms with Gasteiger partial charge >= 0.3 is 0 Å². The molecule has 566 valence electrons. The second-order valence-corrected chi connectivity index (χ2v) is 32.5. The molecular formula is C113H69N9. The highest BCUT2D eigenvalue weighted by Crippen LogP contribution is 2.50. The lowest BCUT2D eigenvalue weighted by Crippen LogP contribution is -2.03. The van der Waals surface area contributed by atoms with Crippen LogP contribution in [0.1, 0.15) is 0 Å². The highest BCUT2D eigenvalue weighted by atomic mass is 15.1. The van der Waals surface area contributed by atoms with E-state index in [-0.39, 0.29) is 0 Å². The Morgan fingerprint density at radius 2 is 0.287 bits per heavy atom. The van der Waals surface area contributed by atoms with E-state index in [2.05, 4.69) is 455 Å². The van der Waals surface area contributed by atoms with Gasteiger partial charge in [0, 0.05) is 143 Å². The van der Waals surface area contributed by atoms with Crippen molar-refractivity contribution in [3.8, 4) is 68.0 Å². The van der Waals surface area contributed by atoms with Gasteiger partial charge in [-0.2, -0.15) is 0 Å². The van der Waals surface area contributed by atoms with E-state index in [1.54, 1.807) is 0 Å². The standard InChI is InChI=1S/C113H69N9/c1-5-30-72(31-6-1)115-98-48-21-13-38-80(98)88-56-60-92-84-42-17-25-52-102(84)119(110(92)106(88)115)76-64-70(65-77(68-76)120-103-53-26-18-43-85(103)93-61-57-89-81-39-14-22-49-99(81)116(107(89)111(93)120)73-32-7-2-8-33-73)96-46-29-47-97(114-96)71-66-78(121-104-54-27-19-44-86(104)94-62-58-90-82-40-15-23-50-100(82)117(108(90)112(94)121)74-34-9-3-10-35-74)69-79(67-71)122-105-55-28-20-45-87(105)95-63-59-91-83-41-16-24-51-101(83)118(109(91)113(95)122)75-36-11-4-12-37-75/h1-69H. The van der Waals surface area contributed by atoms with E-state index in [0.29, 0.717) is 0 Å². The number of pyridine rings is 1. The molecule has 0 unspecified atom stereocenters. The summed E-state index contributed by atoms with van der Waals surface area (Å²) in [6.07, 6.45) is 0. The number of rotatable bonds is 10. The van der Waals surface area contributed by atoms with Crippen molar-refractivity contribution < 1.29 is 0 Å². The van der Waals surface area contributed by atoms with Crippen molar-refractivity contribution in [1.29, 1.82) is 0 Å². The fourth-order valence-electron chi connectivity index (χ4n) is 21.2. The van der Waals surface area contributed by atoms with E-state index < -0.39 is 0 Å². The van der Waals surface area contributed by atoms with Crippen molar-refractivity contribution in [3.05, 3.63) is 419 Å². The molecule has 18 aromatic carbocycles. The minimum absolute atomic E-state index is 0.822. The van der Waals surface area contributed by atoms with Gasteiger partial charge in [0.05, 0.1) is 99.7 Å². The van der Waals surface area contributed by atoms with Crippen LogP contribution in [-0.2, 0) is 0 Å². The van der Waals surface area contributed by atoms with Crippen LogP contribution in [0.5, 0.6) is 0 Å². The number of hydrogen-bond donors (Lipinski definition) is 0. The Labute approximate surface area is 697 Å². The lowest BCUT2D eigenvalue weighted by atomic mass is 10.0. The summed E-state index contributed by atoms with van der Waals surface area (Å²) in [5.41, 5.74) is 29.9. The van der Waals surface area contributed by atoms with Crippen LogP contribution < -0.4 is 0 Å². The number of aromatic nitrogens is 9. The van der Waals surface area contributed by atoms with Gasteiger partial charge in [0.1, 0.15) is 0 Å². The Balaban J connectivity index is 0.778. The lowest BCUT2D eigenvalue weighted by molar-refractivity contribution is 1.12. The summed E-state index contributed by atoms with van der Waals surface area (Å²) < 4.78 is 20.2. The van der Waals surface area contributed by atoms with Gasteiger partial charge in [-0.1, -0.05) is 273 Å². The number of hydrogen-bond acceptors (Lipinski definition) is 1. The van der Waals surface area contributed by atoms with Gasteiger partial charge in [-0.25, -0.2) is 4.98 Å². The zero-order valence-electron chi connectivity index (χ0n) is 65.9. The maximum absolute atomic E-state index is 6.18. The van der Waals surface area contributed by atoms with Crippen LogP contribution in [0, 0.1) is 0 Å². The second kappa shape index (κ2) is 25.5. The summed E-state index contributed by atoms with van der Waals surface area (Å²) in [6.45, 7) is 0. The van der Waals surface area contributed by atoms with Crippen molar-refractivity contribution in [3.63, 3.8) is 0 Å². The molecule has 0 bridgehead atoms. The molecule has 0 saturated heterocycles. The van der Waals surface area contributed by atoms with Crippen LogP contribution >= 0.6 is 0 Å². The molecule has 0 aliphatic rings. The van der Waals surface area contributed by atoms with Crippen LogP contribution in [-0.4, -0.2) is 41.5 Å². The van der Waals surface area contributed by atoms with Gasteiger partial charge in [-0.3, -0.25) is 0 Å². The van der Waals surface area contributed by atoms with Crippen LogP contribution in [0.25, 0.3) is 242 Å². The highest BCUT2D eigenvalue weighted by molar-refractivity contribution is 6.29. The third-order valence-electron chi connectivity index (χ3n) is 26.1. The predicted octanol–water partition coefficient (Wildman–Crippen LogP) is 29.2. The first-order valence-corrected chi connectivity index (χ1v) is 41.9. The number of nitrogens with zero attached hydrogens (tertiary/aromatic N) is 9. The third kappa shape index (κ3) is 9.33. The number of fused-ring (bicyclic) bond motifs is 28. The summed E-state index contributed by atoms with van der Waals surface area (Å²) in [5.74, 6) is 0. The zero-order valence-corrected chi connectivity index (χ0v) is 65.9. The minimum Gasteiger partial charge on any atom is -0.307 e. The molecule has 122 heavy (non-hydrogen) atoms. The van der Waals surface area contributed by atoms with Gasteiger partial charge in [-0.05, 0) is 146 Å². The molecule has 0 saturated carbocycles. The first-order chi connectivity index (χ1) is 60.6. The van der Waals surface area contributed by atoms with E-state index in [4.69, 9.17) is 4.98 Å². The Kier molecular flexibility index (Phi) is 13.9. The van der Waals surface area contributed by atoms with E-state index in [1.165, 1.54) is 64.6 Å². The molecule has 9 heteroatoms. The molecule has 9 heterocycles. The molecule has 0 aliphatic heterocycles. The summed E-state index contributed by atoms with van der Waals surface area (Å²) >= 11 is 0. The predicted molar refractivity (Wildman–Crippen MR) is 510 cm³/mol. The molecule has 0 spiro atoms. The topological polar surface area (TPSA) is 52.3 Å². The molecule has 0 N–H and O–H groups in total. The summed E-state index contributed by atoms with van der Waals surface area (Å²) in [7, 11) is 0. The van der Waals surface area contributed by atoms with Crippen molar-refractivity contribution >= 4 is 174 Å². The van der Waals surface area contributed by atoms with Crippen molar-refractivity contribution in [1.82, 2.24) is 41.5 Å². The first-order valence-electron chi connectivity index (χ1n) is 41.9. The molecule has 0 radical (unpaired) electrons. The second-order valence-electron chi connectivity index (χ2n) is 32.5. The average Bonchev–Trinajstić information content (AvgIpc) is 1.81. The van der Waals surface area contributed by atoms with Crippen molar-refractivity contribution in [2.75, 3.05) is 0 Å². The molecule has 0 amide bonds. The summed E-state index contributed by atoms with van der Waals surface area (Å²) in [5, 5.41) is 18.8. The molecular weight excluding hydrogens is 1480 g/mol.